The highest BCUT2D eigenvalue weighted by Crippen LogP contribution is 2.26. The molecule has 1 atom stereocenters. The molecule has 0 bridgehead atoms. The lowest BCUT2D eigenvalue weighted by molar-refractivity contribution is 0.249. The summed E-state index contributed by atoms with van der Waals surface area (Å²) in [5, 5.41) is 3.85. The first-order valence-electron chi connectivity index (χ1n) is 3.92. The number of primary amides is 1. The van der Waals surface area contributed by atoms with E-state index in [4.69, 9.17) is 5.73 Å². The number of hydrogen-bond acceptors (Lipinski definition) is 2. The second kappa shape index (κ2) is 3.38. The van der Waals surface area contributed by atoms with E-state index in [0.717, 1.165) is 24.1 Å². The van der Waals surface area contributed by atoms with Crippen molar-refractivity contribution >= 4 is 11.7 Å². The van der Waals surface area contributed by atoms with Gasteiger partial charge in [-0.1, -0.05) is 13.5 Å². The summed E-state index contributed by atoms with van der Waals surface area (Å²) in [6.45, 7) is 5.96. The molecule has 0 spiro atoms. The van der Waals surface area contributed by atoms with Crippen LogP contribution in [0.3, 0.4) is 0 Å². The summed E-state index contributed by atoms with van der Waals surface area (Å²) < 4.78 is 0. The van der Waals surface area contributed by atoms with Gasteiger partial charge in [0.25, 0.3) is 0 Å². The lowest BCUT2D eigenvalue weighted by Crippen LogP contribution is -2.25. The molecule has 1 aliphatic rings. The molecule has 1 saturated carbocycles. The van der Waals surface area contributed by atoms with Crippen LogP contribution in [0.25, 0.3) is 0 Å². The van der Waals surface area contributed by atoms with Gasteiger partial charge in [0.05, 0.1) is 5.71 Å². The standard InChI is InChI=1S/C8H13N3O/c1-5-3-4-7(6(5)2)10-11-8(9)12/h5H,2-4H2,1H3,(H3,9,11,12)/b10-7+. The zero-order valence-corrected chi connectivity index (χ0v) is 7.13. The van der Waals surface area contributed by atoms with Crippen molar-refractivity contribution in [2.24, 2.45) is 16.8 Å². The second-order valence-corrected chi connectivity index (χ2v) is 3.00. The maximum Gasteiger partial charge on any atom is 0.332 e. The fraction of sp³-hybridized carbons (Fsp3) is 0.500. The second-order valence-electron chi connectivity index (χ2n) is 3.00. The summed E-state index contributed by atoms with van der Waals surface area (Å²) in [5.41, 5.74) is 8.93. The average molecular weight is 167 g/mol. The molecule has 3 N–H and O–H groups in total. The van der Waals surface area contributed by atoms with Gasteiger partial charge in [-0.25, -0.2) is 10.2 Å². The maximum absolute atomic E-state index is 10.3. The minimum atomic E-state index is -0.630. The highest BCUT2D eigenvalue weighted by molar-refractivity contribution is 6.02. The van der Waals surface area contributed by atoms with E-state index in [-0.39, 0.29) is 0 Å². The summed E-state index contributed by atoms with van der Waals surface area (Å²) in [6, 6.07) is -0.630. The average Bonchev–Trinajstić information content (AvgIpc) is 2.30. The van der Waals surface area contributed by atoms with Gasteiger partial charge in [-0.05, 0) is 24.3 Å². The van der Waals surface area contributed by atoms with Crippen LogP contribution >= 0.6 is 0 Å². The van der Waals surface area contributed by atoms with Crippen LogP contribution in [-0.4, -0.2) is 11.7 Å². The monoisotopic (exact) mass is 167 g/mol. The number of hydrogen-bond donors (Lipinski definition) is 2. The molecule has 4 heteroatoms. The number of carbonyl (C=O) groups is 1. The van der Waals surface area contributed by atoms with Crippen molar-refractivity contribution in [1.82, 2.24) is 5.43 Å². The molecule has 0 aliphatic heterocycles. The summed E-state index contributed by atoms with van der Waals surface area (Å²) in [5.74, 6) is 0.471. The molecule has 1 rings (SSSR count). The van der Waals surface area contributed by atoms with Crippen molar-refractivity contribution in [3.05, 3.63) is 12.2 Å². The maximum atomic E-state index is 10.3. The first-order valence-corrected chi connectivity index (χ1v) is 3.92. The number of carbonyl (C=O) groups excluding carboxylic acids is 1. The Balaban J connectivity index is 2.59. The van der Waals surface area contributed by atoms with Crippen LogP contribution in [0.1, 0.15) is 19.8 Å². The molecular weight excluding hydrogens is 154 g/mol. The Morgan fingerprint density at radius 1 is 1.83 bits per heavy atom. The number of nitrogens with zero attached hydrogens (tertiary/aromatic N) is 1. The van der Waals surface area contributed by atoms with Gasteiger partial charge in [0.15, 0.2) is 0 Å². The number of nitrogens with two attached hydrogens (primary N) is 1. The Kier molecular flexibility index (Phi) is 2.47. The van der Waals surface area contributed by atoms with Crippen molar-refractivity contribution in [1.29, 1.82) is 0 Å². The summed E-state index contributed by atoms with van der Waals surface area (Å²) in [6.07, 6.45) is 1.93. The molecule has 0 aromatic rings. The fourth-order valence-electron chi connectivity index (χ4n) is 1.22. The predicted molar refractivity (Wildman–Crippen MR) is 47.7 cm³/mol. The van der Waals surface area contributed by atoms with Crippen LogP contribution in [0.5, 0.6) is 0 Å². The van der Waals surface area contributed by atoms with Crippen LogP contribution in [0.2, 0.25) is 0 Å². The fourth-order valence-corrected chi connectivity index (χ4v) is 1.22. The third-order valence-electron chi connectivity index (χ3n) is 2.08. The van der Waals surface area contributed by atoms with E-state index in [1.165, 1.54) is 0 Å². The first-order chi connectivity index (χ1) is 5.61. The Hall–Kier alpha value is -1.32. The highest BCUT2D eigenvalue weighted by atomic mass is 16.2. The van der Waals surface area contributed by atoms with Crippen LogP contribution < -0.4 is 11.2 Å². The van der Waals surface area contributed by atoms with Gasteiger partial charge in [0.1, 0.15) is 0 Å². The minimum Gasteiger partial charge on any atom is -0.350 e. The number of hydrazone groups is 1. The van der Waals surface area contributed by atoms with E-state index in [9.17, 15) is 4.79 Å². The summed E-state index contributed by atoms with van der Waals surface area (Å²) >= 11 is 0. The molecule has 0 aromatic carbocycles. The quantitative estimate of drug-likeness (QED) is 0.562. The predicted octanol–water partition coefficient (Wildman–Crippen LogP) is 0.997. The first kappa shape index (κ1) is 8.77. The van der Waals surface area contributed by atoms with Crippen molar-refractivity contribution in [3.63, 3.8) is 0 Å². The lowest BCUT2D eigenvalue weighted by Gasteiger charge is -2.01. The van der Waals surface area contributed by atoms with E-state index in [0.29, 0.717) is 5.92 Å². The van der Waals surface area contributed by atoms with Gasteiger partial charge < -0.3 is 5.73 Å². The molecule has 0 radical (unpaired) electrons. The van der Waals surface area contributed by atoms with Crippen LogP contribution in [-0.2, 0) is 0 Å². The van der Waals surface area contributed by atoms with Crippen LogP contribution in [0.4, 0.5) is 4.79 Å². The van der Waals surface area contributed by atoms with E-state index >= 15 is 0 Å². The van der Waals surface area contributed by atoms with E-state index in [1.54, 1.807) is 0 Å². The molecule has 1 unspecified atom stereocenters. The smallest absolute Gasteiger partial charge is 0.332 e. The zero-order valence-electron chi connectivity index (χ0n) is 7.13. The molecule has 0 heterocycles. The normalized spacial score (nSPS) is 26.2. The molecule has 1 fully saturated rings. The molecular formula is C8H13N3O. The highest BCUT2D eigenvalue weighted by Gasteiger charge is 2.20. The van der Waals surface area contributed by atoms with Gasteiger partial charge in [0, 0.05) is 0 Å². The largest absolute Gasteiger partial charge is 0.350 e. The SMILES string of the molecule is C=C1/C(=N/NC(N)=O)CCC1C. The van der Waals surface area contributed by atoms with Crippen molar-refractivity contribution in [3.8, 4) is 0 Å². The van der Waals surface area contributed by atoms with E-state index in [1.807, 2.05) is 0 Å². The van der Waals surface area contributed by atoms with Crippen molar-refractivity contribution in [2.45, 2.75) is 19.8 Å². The number of amides is 2. The molecule has 4 nitrogen and oxygen atoms in total. The van der Waals surface area contributed by atoms with Crippen molar-refractivity contribution < 1.29 is 4.79 Å². The van der Waals surface area contributed by atoms with Crippen LogP contribution in [0.15, 0.2) is 17.3 Å². The molecule has 0 saturated heterocycles. The molecule has 0 aromatic heterocycles. The number of rotatable bonds is 1. The van der Waals surface area contributed by atoms with Gasteiger partial charge >= 0.3 is 6.03 Å². The Morgan fingerprint density at radius 2 is 2.50 bits per heavy atom. The molecule has 66 valence electrons. The Morgan fingerprint density at radius 3 is 2.92 bits per heavy atom. The van der Waals surface area contributed by atoms with Gasteiger partial charge in [0.2, 0.25) is 0 Å². The van der Waals surface area contributed by atoms with Crippen LogP contribution in [0, 0.1) is 5.92 Å². The van der Waals surface area contributed by atoms with Gasteiger partial charge in [-0.15, -0.1) is 0 Å². The third-order valence-corrected chi connectivity index (χ3v) is 2.08. The Labute approximate surface area is 71.5 Å². The number of urea groups is 1. The topological polar surface area (TPSA) is 67.5 Å². The third kappa shape index (κ3) is 1.84. The Bertz CT molecular complexity index is 245. The number of allylic oxidation sites excluding steroid dienone is 1. The van der Waals surface area contributed by atoms with E-state index < -0.39 is 6.03 Å². The molecule has 1 aliphatic carbocycles. The van der Waals surface area contributed by atoms with Gasteiger partial charge in [-0.2, -0.15) is 5.10 Å². The number of nitrogens with one attached hydrogen (secondary N) is 1. The van der Waals surface area contributed by atoms with E-state index in [2.05, 4.69) is 24.0 Å². The lowest BCUT2D eigenvalue weighted by atomic mass is 10.1. The minimum absolute atomic E-state index is 0.471. The zero-order chi connectivity index (χ0) is 9.14. The summed E-state index contributed by atoms with van der Waals surface area (Å²) in [4.78, 5) is 10.3. The molecule has 2 amide bonds. The summed E-state index contributed by atoms with van der Waals surface area (Å²) in [7, 11) is 0. The van der Waals surface area contributed by atoms with Gasteiger partial charge in [-0.3, -0.25) is 0 Å². The molecule has 12 heavy (non-hydrogen) atoms. The van der Waals surface area contributed by atoms with Crippen molar-refractivity contribution in [2.75, 3.05) is 0 Å².